The van der Waals surface area contributed by atoms with Crippen molar-refractivity contribution in [2.24, 2.45) is 0 Å². The Morgan fingerprint density at radius 1 is 0.324 bits per heavy atom. The second kappa shape index (κ2) is 54.9. The molecule has 0 N–H and O–H groups in total. The predicted octanol–water partition coefficient (Wildman–Crippen LogP) is 18.0. The largest absolute Gasteiger partial charge is 0.462 e. The molecule has 0 aliphatic heterocycles. The van der Waals surface area contributed by atoms with E-state index in [0.29, 0.717) is 19.3 Å². The SMILES string of the molecule is CC\C=C/C=C\C=C/C=C\C=C/CCCCCC(=O)OCC(COC(=O)CCCCCCC/C=C\C=C/CCCCCCCCC)OC(=O)CCC/C=C\C/C=C\C/C=C\C/C=C\C/C=C\CC. The molecule has 0 saturated carbocycles. The summed E-state index contributed by atoms with van der Waals surface area (Å²) in [6.07, 6.45) is 78.4. The third-order valence-electron chi connectivity index (χ3n) is 10.7. The van der Waals surface area contributed by atoms with Crippen LogP contribution in [0.5, 0.6) is 0 Å². The summed E-state index contributed by atoms with van der Waals surface area (Å²) in [6, 6.07) is 0. The van der Waals surface area contributed by atoms with Crippen LogP contribution in [0.3, 0.4) is 0 Å². The lowest BCUT2D eigenvalue weighted by atomic mass is 10.1. The molecule has 6 heteroatoms. The highest BCUT2D eigenvalue weighted by atomic mass is 16.6. The lowest BCUT2D eigenvalue weighted by Gasteiger charge is -2.18. The van der Waals surface area contributed by atoms with Crippen LogP contribution in [0.1, 0.15) is 207 Å². The highest BCUT2D eigenvalue weighted by Crippen LogP contribution is 2.12. The Kier molecular flexibility index (Phi) is 51.1. The molecule has 0 fully saturated rings. The van der Waals surface area contributed by atoms with Crippen LogP contribution in [0.25, 0.3) is 0 Å². The van der Waals surface area contributed by atoms with Crippen LogP contribution in [-0.2, 0) is 28.6 Å². The van der Waals surface area contributed by atoms with Gasteiger partial charge in [-0.05, 0) is 103 Å². The van der Waals surface area contributed by atoms with E-state index in [4.69, 9.17) is 14.2 Å². The first-order valence-corrected chi connectivity index (χ1v) is 26.9. The lowest BCUT2D eigenvalue weighted by Crippen LogP contribution is -2.30. The molecule has 0 aliphatic rings. The monoisotopic (exact) mass is 937 g/mol. The van der Waals surface area contributed by atoms with E-state index in [1.54, 1.807) is 0 Å². The van der Waals surface area contributed by atoms with E-state index >= 15 is 0 Å². The summed E-state index contributed by atoms with van der Waals surface area (Å²) < 4.78 is 16.7. The number of hydrogen-bond donors (Lipinski definition) is 0. The summed E-state index contributed by atoms with van der Waals surface area (Å²) in [5.41, 5.74) is 0. The molecule has 1 unspecified atom stereocenters. The van der Waals surface area contributed by atoms with Gasteiger partial charge in [0, 0.05) is 19.3 Å². The fourth-order valence-electron chi connectivity index (χ4n) is 6.72. The topological polar surface area (TPSA) is 78.9 Å². The third-order valence-corrected chi connectivity index (χ3v) is 10.7. The number of carbonyl (C=O) groups excluding carboxylic acids is 3. The van der Waals surface area contributed by atoms with Gasteiger partial charge in [0.15, 0.2) is 6.10 Å². The van der Waals surface area contributed by atoms with E-state index in [9.17, 15) is 14.4 Å². The maximum Gasteiger partial charge on any atom is 0.306 e. The Bertz CT molecular complexity index is 1540. The van der Waals surface area contributed by atoms with Crippen molar-refractivity contribution in [2.45, 2.75) is 213 Å². The fourth-order valence-corrected chi connectivity index (χ4v) is 6.72. The minimum absolute atomic E-state index is 0.129. The first kappa shape index (κ1) is 63.3. The smallest absolute Gasteiger partial charge is 0.306 e. The Morgan fingerprint density at radius 2 is 0.662 bits per heavy atom. The highest BCUT2D eigenvalue weighted by Gasteiger charge is 2.19. The van der Waals surface area contributed by atoms with Gasteiger partial charge in [-0.25, -0.2) is 0 Å². The Labute approximate surface area is 417 Å². The Hall–Kier alpha value is -4.71. The first-order chi connectivity index (χ1) is 33.5. The van der Waals surface area contributed by atoms with Crippen molar-refractivity contribution >= 4 is 17.9 Å². The fraction of sp³-hybridized carbons (Fsp3) is 0.565. The molecular formula is C62H96O6. The van der Waals surface area contributed by atoms with Crippen LogP contribution in [0.4, 0.5) is 0 Å². The van der Waals surface area contributed by atoms with Gasteiger partial charge in [-0.1, -0.05) is 231 Å². The number of hydrogen-bond acceptors (Lipinski definition) is 6. The van der Waals surface area contributed by atoms with Gasteiger partial charge in [-0.2, -0.15) is 0 Å². The molecule has 0 aliphatic carbocycles. The summed E-state index contributed by atoms with van der Waals surface area (Å²) in [6.45, 7) is 6.26. The summed E-state index contributed by atoms with van der Waals surface area (Å²) in [4.78, 5) is 38.1. The van der Waals surface area contributed by atoms with Crippen molar-refractivity contribution in [3.05, 3.63) is 146 Å². The molecule has 0 aromatic rings. The van der Waals surface area contributed by atoms with Crippen molar-refractivity contribution in [3.63, 3.8) is 0 Å². The predicted molar refractivity (Wildman–Crippen MR) is 292 cm³/mol. The van der Waals surface area contributed by atoms with Gasteiger partial charge in [0.25, 0.3) is 0 Å². The van der Waals surface area contributed by atoms with Gasteiger partial charge in [-0.15, -0.1) is 0 Å². The zero-order valence-corrected chi connectivity index (χ0v) is 43.3. The molecule has 0 saturated heterocycles. The summed E-state index contributed by atoms with van der Waals surface area (Å²) in [5.74, 6) is -1.05. The molecule has 0 radical (unpaired) electrons. The first-order valence-electron chi connectivity index (χ1n) is 26.9. The zero-order chi connectivity index (χ0) is 49.3. The molecule has 6 nitrogen and oxygen atoms in total. The van der Waals surface area contributed by atoms with Crippen molar-refractivity contribution in [2.75, 3.05) is 13.2 Å². The highest BCUT2D eigenvalue weighted by molar-refractivity contribution is 5.71. The maximum absolute atomic E-state index is 12.8. The molecule has 0 aromatic heterocycles. The van der Waals surface area contributed by atoms with Crippen LogP contribution >= 0.6 is 0 Å². The van der Waals surface area contributed by atoms with Crippen LogP contribution < -0.4 is 0 Å². The molecule has 0 rings (SSSR count). The molecule has 1 atom stereocenters. The van der Waals surface area contributed by atoms with E-state index in [-0.39, 0.29) is 44.0 Å². The van der Waals surface area contributed by atoms with Crippen LogP contribution in [-0.4, -0.2) is 37.2 Å². The number of rotatable bonds is 46. The third kappa shape index (κ3) is 52.3. The van der Waals surface area contributed by atoms with E-state index in [1.165, 1.54) is 51.4 Å². The summed E-state index contributed by atoms with van der Waals surface area (Å²) in [5, 5.41) is 0. The van der Waals surface area contributed by atoms with Crippen molar-refractivity contribution in [1.82, 2.24) is 0 Å². The molecule has 0 spiro atoms. The van der Waals surface area contributed by atoms with Gasteiger partial charge in [0.1, 0.15) is 13.2 Å². The number of esters is 3. The minimum atomic E-state index is -0.839. The van der Waals surface area contributed by atoms with Gasteiger partial charge in [-0.3, -0.25) is 14.4 Å². The maximum atomic E-state index is 12.8. The molecule has 380 valence electrons. The van der Waals surface area contributed by atoms with Gasteiger partial charge >= 0.3 is 17.9 Å². The van der Waals surface area contributed by atoms with E-state index in [0.717, 1.165) is 103 Å². The summed E-state index contributed by atoms with van der Waals surface area (Å²) >= 11 is 0. The molecule has 0 heterocycles. The lowest BCUT2D eigenvalue weighted by molar-refractivity contribution is -0.167. The summed E-state index contributed by atoms with van der Waals surface area (Å²) in [7, 11) is 0. The van der Waals surface area contributed by atoms with Gasteiger partial charge < -0.3 is 14.2 Å². The molecule has 0 aromatic carbocycles. The minimum Gasteiger partial charge on any atom is -0.462 e. The van der Waals surface area contributed by atoms with Crippen LogP contribution in [0.2, 0.25) is 0 Å². The Morgan fingerprint density at radius 3 is 1.13 bits per heavy atom. The standard InChI is InChI=1S/C62H96O6/c1-4-7-10-13-16-19-22-25-28-30-32-34-37-40-43-46-49-52-55-61(64)67-58-59(57-66-60(63)54-51-48-45-42-39-36-33-27-24-21-18-15-12-9-6-3)68-62(65)56-53-50-47-44-41-38-35-31-29-26-23-20-17-14-11-8-5-2/h8-9,11-12,15,17-18,20-21,24,26-30,32-36,38-39,44,47,59H,4-7,10,13-14,16,19,22-23,25,31,37,40-43,45-46,48-58H2,1-3H3/b11-8-,12-9-,18-15-,20-17-,24-21-,29-26-,30-28-,33-27-,34-32-,38-35-,39-36-,47-44-. The molecule has 0 amide bonds. The molecule has 0 bridgehead atoms. The quantitative estimate of drug-likeness (QED) is 0.0199. The number of carbonyl (C=O) groups is 3. The van der Waals surface area contributed by atoms with Crippen molar-refractivity contribution < 1.29 is 28.6 Å². The Balaban J connectivity index is 4.61. The number of unbranched alkanes of at least 4 members (excludes halogenated alkanes) is 16. The van der Waals surface area contributed by atoms with Gasteiger partial charge in [0.2, 0.25) is 0 Å². The van der Waals surface area contributed by atoms with Gasteiger partial charge in [0.05, 0.1) is 0 Å². The van der Waals surface area contributed by atoms with Crippen molar-refractivity contribution in [1.29, 1.82) is 0 Å². The normalized spacial score (nSPS) is 13.3. The average Bonchev–Trinajstić information content (AvgIpc) is 3.34. The molecular weight excluding hydrogens is 841 g/mol. The van der Waals surface area contributed by atoms with E-state index in [1.807, 2.05) is 48.6 Å². The van der Waals surface area contributed by atoms with E-state index < -0.39 is 6.10 Å². The second-order valence-electron chi connectivity index (χ2n) is 17.2. The second-order valence-corrected chi connectivity index (χ2v) is 17.2. The molecule has 68 heavy (non-hydrogen) atoms. The average molecular weight is 937 g/mol. The van der Waals surface area contributed by atoms with Crippen LogP contribution in [0, 0.1) is 0 Å². The van der Waals surface area contributed by atoms with Crippen molar-refractivity contribution in [3.8, 4) is 0 Å². The van der Waals surface area contributed by atoms with E-state index in [2.05, 4.69) is 118 Å². The van der Waals surface area contributed by atoms with Crippen LogP contribution in [0.15, 0.2) is 146 Å². The number of ether oxygens (including phenoxy) is 3. The zero-order valence-electron chi connectivity index (χ0n) is 43.3. The number of allylic oxidation sites excluding steroid dienone is 24.